The maximum absolute atomic E-state index is 10.8. The molecule has 0 saturated heterocycles. The van der Waals surface area contributed by atoms with Crippen molar-refractivity contribution in [1.82, 2.24) is 9.55 Å². The van der Waals surface area contributed by atoms with E-state index in [9.17, 15) is 4.79 Å². The molecule has 0 spiro atoms. The zero-order valence-corrected chi connectivity index (χ0v) is 15.3. The molecule has 22 heavy (non-hydrogen) atoms. The van der Waals surface area contributed by atoms with Crippen molar-refractivity contribution in [3.05, 3.63) is 23.8 Å². The van der Waals surface area contributed by atoms with Gasteiger partial charge >= 0.3 is 5.97 Å². The Balaban J connectivity index is 3.29. The number of unbranched alkanes of at least 4 members (excludes halogenated alkanes) is 1. The van der Waals surface area contributed by atoms with Crippen LogP contribution in [0.1, 0.15) is 44.1 Å². The summed E-state index contributed by atoms with van der Waals surface area (Å²) < 4.78 is 8.12. The zero-order valence-electron chi connectivity index (χ0n) is 14.3. The van der Waals surface area contributed by atoms with Gasteiger partial charge in [-0.25, -0.2) is 9.78 Å². The van der Waals surface area contributed by atoms with Gasteiger partial charge in [0, 0.05) is 19.1 Å². The van der Waals surface area contributed by atoms with Gasteiger partial charge in [-0.05, 0) is 19.4 Å². The standard InChI is InChI=1S/C16H28N2O3Si/c1-6-8-9-14-17-12-13(10-11-15(19)20)18(14)16(21-7-2)22(3,4)5/h10-12,16H,6-9H2,1-5H3,(H,19,20). The Morgan fingerprint density at radius 3 is 2.64 bits per heavy atom. The van der Waals surface area contributed by atoms with Gasteiger partial charge in [0.15, 0.2) is 0 Å². The highest BCUT2D eigenvalue weighted by molar-refractivity contribution is 6.76. The highest BCUT2D eigenvalue weighted by Gasteiger charge is 2.31. The van der Waals surface area contributed by atoms with E-state index in [1.165, 1.54) is 0 Å². The average molecular weight is 324 g/mol. The van der Waals surface area contributed by atoms with Crippen LogP contribution in [0, 0.1) is 0 Å². The fourth-order valence-corrected chi connectivity index (χ4v) is 4.09. The topological polar surface area (TPSA) is 64.3 Å². The normalized spacial score (nSPS) is 13.7. The number of carboxylic acids is 1. The second-order valence-electron chi connectivity index (χ2n) is 6.42. The number of hydrogen-bond donors (Lipinski definition) is 1. The Morgan fingerprint density at radius 2 is 2.14 bits per heavy atom. The van der Waals surface area contributed by atoms with Crippen molar-refractivity contribution in [2.45, 2.75) is 58.6 Å². The smallest absolute Gasteiger partial charge is 0.328 e. The van der Waals surface area contributed by atoms with Crippen molar-refractivity contribution in [2.75, 3.05) is 6.61 Å². The molecule has 1 heterocycles. The lowest BCUT2D eigenvalue weighted by molar-refractivity contribution is -0.131. The first-order valence-corrected chi connectivity index (χ1v) is 11.5. The Bertz CT molecular complexity index is 518. The summed E-state index contributed by atoms with van der Waals surface area (Å²) in [6.45, 7) is 11.5. The predicted molar refractivity (Wildman–Crippen MR) is 91.5 cm³/mol. The van der Waals surface area contributed by atoms with E-state index in [4.69, 9.17) is 9.84 Å². The van der Waals surface area contributed by atoms with E-state index in [2.05, 4.69) is 36.1 Å². The summed E-state index contributed by atoms with van der Waals surface area (Å²) in [5, 5.41) is 8.88. The molecule has 0 saturated carbocycles. The van der Waals surface area contributed by atoms with E-state index in [0.717, 1.165) is 36.9 Å². The van der Waals surface area contributed by atoms with Gasteiger partial charge in [0.25, 0.3) is 0 Å². The van der Waals surface area contributed by atoms with Crippen molar-refractivity contribution in [1.29, 1.82) is 0 Å². The van der Waals surface area contributed by atoms with Crippen LogP contribution in [0.5, 0.6) is 0 Å². The van der Waals surface area contributed by atoms with Crippen LogP contribution in [-0.4, -0.2) is 35.3 Å². The molecule has 0 aliphatic heterocycles. The summed E-state index contributed by atoms with van der Waals surface area (Å²) in [5.41, 5.74) is 0.800. The summed E-state index contributed by atoms with van der Waals surface area (Å²) in [4.78, 5) is 15.3. The molecule has 0 amide bonds. The molecule has 0 fully saturated rings. The first kappa shape index (κ1) is 18.6. The lowest BCUT2D eigenvalue weighted by atomic mass is 10.2. The van der Waals surface area contributed by atoms with Crippen molar-refractivity contribution < 1.29 is 14.6 Å². The maximum atomic E-state index is 10.8. The summed E-state index contributed by atoms with van der Waals surface area (Å²) in [6.07, 6.45) is 7.55. The van der Waals surface area contributed by atoms with Crippen LogP contribution in [0.2, 0.25) is 19.6 Å². The fourth-order valence-electron chi connectivity index (χ4n) is 2.35. The summed E-state index contributed by atoms with van der Waals surface area (Å²) >= 11 is 0. The summed E-state index contributed by atoms with van der Waals surface area (Å²) in [7, 11) is -1.65. The van der Waals surface area contributed by atoms with Gasteiger partial charge in [-0.1, -0.05) is 33.0 Å². The molecule has 0 aromatic carbocycles. The molecule has 0 bridgehead atoms. The molecule has 0 radical (unpaired) electrons. The van der Waals surface area contributed by atoms with Crippen LogP contribution in [-0.2, 0) is 16.0 Å². The predicted octanol–water partition coefficient (Wildman–Crippen LogP) is 3.74. The van der Waals surface area contributed by atoms with E-state index < -0.39 is 14.0 Å². The summed E-state index contributed by atoms with van der Waals surface area (Å²) in [6, 6.07) is 0. The molecule has 124 valence electrons. The number of rotatable bonds is 9. The molecule has 1 atom stereocenters. The van der Waals surface area contributed by atoms with Crippen LogP contribution in [0.25, 0.3) is 6.08 Å². The summed E-state index contributed by atoms with van der Waals surface area (Å²) in [5.74, 6) is -0.0168. The molecule has 1 aromatic heterocycles. The van der Waals surface area contributed by atoms with Crippen LogP contribution in [0.4, 0.5) is 0 Å². The molecular weight excluding hydrogens is 296 g/mol. The maximum Gasteiger partial charge on any atom is 0.328 e. The Kier molecular flexibility index (Phi) is 7.02. The average Bonchev–Trinajstić information content (AvgIpc) is 2.81. The Labute approximate surface area is 134 Å². The van der Waals surface area contributed by atoms with Gasteiger partial charge < -0.3 is 14.4 Å². The van der Waals surface area contributed by atoms with E-state index in [1.54, 1.807) is 12.3 Å². The first-order chi connectivity index (χ1) is 10.3. The van der Waals surface area contributed by atoms with E-state index in [-0.39, 0.29) is 5.85 Å². The number of hydrogen-bond acceptors (Lipinski definition) is 3. The number of aliphatic carboxylic acids is 1. The third kappa shape index (κ3) is 5.10. The largest absolute Gasteiger partial charge is 0.478 e. The molecule has 5 nitrogen and oxygen atoms in total. The van der Waals surface area contributed by atoms with E-state index in [0.29, 0.717) is 6.61 Å². The van der Waals surface area contributed by atoms with Gasteiger partial charge in [0.1, 0.15) is 19.7 Å². The molecular formula is C16H28N2O3Si. The van der Waals surface area contributed by atoms with Crippen LogP contribution < -0.4 is 0 Å². The van der Waals surface area contributed by atoms with Gasteiger partial charge in [-0.3, -0.25) is 0 Å². The number of imidazole rings is 1. The van der Waals surface area contributed by atoms with Gasteiger partial charge in [0.05, 0.1) is 11.9 Å². The third-order valence-corrected chi connectivity index (χ3v) is 5.26. The monoisotopic (exact) mass is 324 g/mol. The number of nitrogens with zero attached hydrogens (tertiary/aromatic N) is 2. The number of aryl methyl sites for hydroxylation is 1. The van der Waals surface area contributed by atoms with Gasteiger partial charge in [-0.2, -0.15) is 0 Å². The molecule has 0 aliphatic carbocycles. The molecule has 1 unspecified atom stereocenters. The molecule has 1 rings (SSSR count). The minimum atomic E-state index is -1.65. The van der Waals surface area contributed by atoms with Crippen LogP contribution in [0.3, 0.4) is 0 Å². The van der Waals surface area contributed by atoms with E-state index in [1.807, 2.05) is 6.92 Å². The number of carboxylic acid groups (broad SMARTS) is 1. The molecule has 0 aliphatic rings. The highest BCUT2D eigenvalue weighted by Crippen LogP contribution is 2.27. The molecule has 6 heteroatoms. The second kappa shape index (κ2) is 8.29. The van der Waals surface area contributed by atoms with Crippen molar-refractivity contribution >= 4 is 20.1 Å². The number of aromatic nitrogens is 2. The minimum absolute atomic E-state index is 0.0414. The SMILES string of the molecule is CCCCc1ncc(C=CC(=O)O)n1C(OCC)[Si](C)(C)C. The fraction of sp³-hybridized carbons (Fsp3) is 0.625. The van der Waals surface area contributed by atoms with Crippen molar-refractivity contribution in [3.63, 3.8) is 0 Å². The Morgan fingerprint density at radius 1 is 1.45 bits per heavy atom. The van der Waals surface area contributed by atoms with Crippen LogP contribution in [0.15, 0.2) is 12.3 Å². The van der Waals surface area contributed by atoms with Gasteiger partial charge in [0.2, 0.25) is 0 Å². The van der Waals surface area contributed by atoms with Crippen molar-refractivity contribution in [3.8, 4) is 0 Å². The number of ether oxygens (including phenoxy) is 1. The highest BCUT2D eigenvalue weighted by atomic mass is 28.3. The number of carbonyl (C=O) groups is 1. The zero-order chi connectivity index (χ0) is 16.8. The second-order valence-corrected chi connectivity index (χ2v) is 11.6. The minimum Gasteiger partial charge on any atom is -0.478 e. The molecule has 1 N–H and O–H groups in total. The van der Waals surface area contributed by atoms with Gasteiger partial charge in [-0.15, -0.1) is 0 Å². The first-order valence-electron chi connectivity index (χ1n) is 7.90. The van der Waals surface area contributed by atoms with E-state index >= 15 is 0 Å². The lowest BCUT2D eigenvalue weighted by Gasteiger charge is -2.32. The van der Waals surface area contributed by atoms with Crippen LogP contribution >= 0.6 is 0 Å². The lowest BCUT2D eigenvalue weighted by Crippen LogP contribution is -2.38. The molecule has 1 aromatic rings. The third-order valence-electron chi connectivity index (χ3n) is 3.35. The quantitative estimate of drug-likeness (QED) is 0.555. The van der Waals surface area contributed by atoms with Crippen molar-refractivity contribution in [2.24, 2.45) is 0 Å². The Hall–Kier alpha value is -1.40.